The van der Waals surface area contributed by atoms with Crippen LogP contribution >= 0.6 is 0 Å². The molecule has 0 bridgehead atoms. The molecule has 2 aromatic rings. The monoisotopic (exact) mass is 309 g/mol. The summed E-state index contributed by atoms with van der Waals surface area (Å²) in [4.78, 5) is 37.4. The second-order valence-electron chi connectivity index (χ2n) is 4.94. The molecule has 0 N–H and O–H groups in total. The number of hydrogen-bond acceptors (Lipinski definition) is 3. The van der Waals surface area contributed by atoms with Crippen molar-refractivity contribution in [2.75, 3.05) is 6.54 Å². The molecule has 2 amide bonds. The Morgan fingerprint density at radius 2 is 1.30 bits per heavy atom. The number of nitrogens with zero attached hydrogens (tertiary/aromatic N) is 1. The summed E-state index contributed by atoms with van der Waals surface area (Å²) in [5, 5.41) is 0. The molecule has 0 aromatic heterocycles. The van der Waals surface area contributed by atoms with Crippen LogP contribution in [-0.4, -0.2) is 29.0 Å². The first-order chi connectivity index (χ1) is 11.2. The van der Waals surface area contributed by atoms with Crippen molar-refractivity contribution in [3.05, 3.63) is 71.3 Å². The number of carbonyl (C=O) groups excluding carboxylic acids is 3. The minimum atomic E-state index is -0.392. The Kier molecular flexibility index (Phi) is 5.41. The molecule has 2 aromatic carbocycles. The van der Waals surface area contributed by atoms with Gasteiger partial charge in [0.2, 0.25) is 0 Å². The standard InChI is InChI=1S/C17H13NO3.C2H6/c19-13(10-12-6-2-1-3-7-12)11-18-16(20)14-8-4-5-9-15(14)17(18)21;1-2/h1-9H,10-11H2;1-2H3. The Balaban J connectivity index is 0.000000924. The maximum absolute atomic E-state index is 12.1. The molecule has 0 unspecified atom stereocenters. The summed E-state index contributed by atoms with van der Waals surface area (Å²) < 4.78 is 0. The first-order valence-corrected chi connectivity index (χ1v) is 7.67. The molecule has 4 nitrogen and oxygen atoms in total. The number of rotatable bonds is 4. The average molecular weight is 309 g/mol. The number of carbonyl (C=O) groups is 3. The Labute approximate surface area is 135 Å². The molecule has 1 aliphatic heterocycles. The Morgan fingerprint density at radius 3 is 1.83 bits per heavy atom. The molecule has 118 valence electrons. The molecular weight excluding hydrogens is 290 g/mol. The van der Waals surface area contributed by atoms with Crippen molar-refractivity contribution >= 4 is 17.6 Å². The van der Waals surface area contributed by atoms with Gasteiger partial charge in [-0.3, -0.25) is 19.3 Å². The lowest BCUT2D eigenvalue weighted by Crippen LogP contribution is -2.35. The van der Waals surface area contributed by atoms with Gasteiger partial charge in [-0.15, -0.1) is 0 Å². The molecule has 0 radical (unpaired) electrons. The van der Waals surface area contributed by atoms with Gasteiger partial charge in [-0.25, -0.2) is 0 Å². The lowest BCUT2D eigenvalue weighted by atomic mass is 10.1. The summed E-state index contributed by atoms with van der Waals surface area (Å²) in [5.74, 6) is -0.940. The van der Waals surface area contributed by atoms with Gasteiger partial charge >= 0.3 is 0 Å². The van der Waals surface area contributed by atoms with Gasteiger partial charge < -0.3 is 0 Å². The number of imide groups is 1. The molecule has 0 atom stereocenters. The van der Waals surface area contributed by atoms with E-state index in [0.717, 1.165) is 10.5 Å². The largest absolute Gasteiger partial charge is 0.297 e. The van der Waals surface area contributed by atoms with Crippen molar-refractivity contribution < 1.29 is 14.4 Å². The van der Waals surface area contributed by atoms with Crippen molar-refractivity contribution in [2.24, 2.45) is 0 Å². The number of fused-ring (bicyclic) bond motifs is 1. The Morgan fingerprint density at radius 1 is 0.826 bits per heavy atom. The van der Waals surface area contributed by atoms with Crippen molar-refractivity contribution in [1.29, 1.82) is 0 Å². The summed E-state index contributed by atoms with van der Waals surface area (Å²) in [6.07, 6.45) is 0.217. The van der Waals surface area contributed by atoms with Crippen LogP contribution in [0.15, 0.2) is 54.6 Å². The van der Waals surface area contributed by atoms with Crippen LogP contribution in [0.25, 0.3) is 0 Å². The molecule has 23 heavy (non-hydrogen) atoms. The number of ketones is 1. The van der Waals surface area contributed by atoms with E-state index in [9.17, 15) is 14.4 Å². The fourth-order valence-electron chi connectivity index (χ4n) is 2.44. The van der Waals surface area contributed by atoms with Gasteiger partial charge in [-0.05, 0) is 17.7 Å². The summed E-state index contributed by atoms with van der Waals surface area (Å²) in [6.45, 7) is 3.82. The second-order valence-corrected chi connectivity index (χ2v) is 4.94. The normalized spacial score (nSPS) is 12.5. The van der Waals surface area contributed by atoms with Gasteiger partial charge in [0.15, 0.2) is 5.78 Å². The maximum Gasteiger partial charge on any atom is 0.261 e. The van der Waals surface area contributed by atoms with Crippen LogP contribution in [0, 0.1) is 0 Å². The van der Waals surface area contributed by atoms with E-state index < -0.39 is 11.8 Å². The molecule has 1 heterocycles. The zero-order chi connectivity index (χ0) is 16.8. The van der Waals surface area contributed by atoms with E-state index in [4.69, 9.17) is 0 Å². The predicted molar refractivity (Wildman–Crippen MR) is 88.3 cm³/mol. The molecule has 4 heteroatoms. The number of Topliss-reactive ketones (excluding diaryl/α,β-unsaturated/α-hetero) is 1. The van der Waals surface area contributed by atoms with E-state index in [1.807, 2.05) is 44.2 Å². The number of hydrogen-bond donors (Lipinski definition) is 0. The first-order valence-electron chi connectivity index (χ1n) is 7.67. The van der Waals surface area contributed by atoms with Gasteiger partial charge in [-0.1, -0.05) is 56.3 Å². The minimum Gasteiger partial charge on any atom is -0.297 e. The fourth-order valence-corrected chi connectivity index (χ4v) is 2.44. The predicted octanol–water partition coefficient (Wildman–Crippen LogP) is 3.12. The average Bonchev–Trinajstić information content (AvgIpc) is 2.83. The molecule has 0 saturated carbocycles. The highest BCUT2D eigenvalue weighted by Crippen LogP contribution is 2.22. The summed E-state index contributed by atoms with van der Waals surface area (Å²) in [6, 6.07) is 15.9. The third-order valence-electron chi connectivity index (χ3n) is 3.46. The van der Waals surface area contributed by atoms with Crippen LogP contribution in [0.5, 0.6) is 0 Å². The number of benzene rings is 2. The first kappa shape index (κ1) is 16.6. The van der Waals surface area contributed by atoms with Crippen LogP contribution in [0.1, 0.15) is 40.1 Å². The lowest BCUT2D eigenvalue weighted by molar-refractivity contribution is -0.118. The van der Waals surface area contributed by atoms with Crippen LogP contribution < -0.4 is 0 Å². The second kappa shape index (κ2) is 7.49. The molecular formula is C19H19NO3. The van der Waals surface area contributed by atoms with E-state index in [2.05, 4.69) is 0 Å². The Hall–Kier alpha value is -2.75. The van der Waals surface area contributed by atoms with Crippen molar-refractivity contribution in [1.82, 2.24) is 4.90 Å². The van der Waals surface area contributed by atoms with Gasteiger partial charge in [0, 0.05) is 6.42 Å². The van der Waals surface area contributed by atoms with Gasteiger partial charge in [0.25, 0.3) is 11.8 Å². The van der Waals surface area contributed by atoms with E-state index in [-0.39, 0.29) is 18.7 Å². The van der Waals surface area contributed by atoms with Gasteiger partial charge in [-0.2, -0.15) is 0 Å². The van der Waals surface area contributed by atoms with Crippen molar-refractivity contribution in [2.45, 2.75) is 20.3 Å². The smallest absolute Gasteiger partial charge is 0.261 e. The molecule has 1 aliphatic rings. The summed E-state index contributed by atoms with van der Waals surface area (Å²) >= 11 is 0. The quantitative estimate of drug-likeness (QED) is 0.815. The topological polar surface area (TPSA) is 54.5 Å². The minimum absolute atomic E-state index is 0.157. The third-order valence-corrected chi connectivity index (χ3v) is 3.46. The maximum atomic E-state index is 12.1. The third kappa shape index (κ3) is 3.54. The lowest BCUT2D eigenvalue weighted by Gasteiger charge is -2.12. The highest BCUT2D eigenvalue weighted by molar-refractivity contribution is 6.22. The summed E-state index contributed by atoms with van der Waals surface area (Å²) in [5.41, 5.74) is 1.61. The van der Waals surface area contributed by atoms with Crippen molar-refractivity contribution in [3.63, 3.8) is 0 Å². The highest BCUT2D eigenvalue weighted by atomic mass is 16.2. The van der Waals surface area contributed by atoms with E-state index >= 15 is 0 Å². The molecule has 0 aliphatic carbocycles. The van der Waals surface area contributed by atoms with Crippen LogP contribution in [0.3, 0.4) is 0 Å². The highest BCUT2D eigenvalue weighted by Gasteiger charge is 2.35. The molecule has 3 rings (SSSR count). The van der Waals surface area contributed by atoms with Crippen LogP contribution in [-0.2, 0) is 11.2 Å². The van der Waals surface area contributed by atoms with Gasteiger partial charge in [0.05, 0.1) is 17.7 Å². The van der Waals surface area contributed by atoms with E-state index in [1.165, 1.54) is 0 Å². The molecule has 0 saturated heterocycles. The van der Waals surface area contributed by atoms with E-state index in [1.54, 1.807) is 24.3 Å². The van der Waals surface area contributed by atoms with Gasteiger partial charge in [0.1, 0.15) is 0 Å². The van der Waals surface area contributed by atoms with Crippen molar-refractivity contribution in [3.8, 4) is 0 Å². The zero-order valence-electron chi connectivity index (χ0n) is 13.3. The van der Waals surface area contributed by atoms with Crippen LogP contribution in [0.2, 0.25) is 0 Å². The van der Waals surface area contributed by atoms with Crippen LogP contribution in [0.4, 0.5) is 0 Å². The fraction of sp³-hybridized carbons (Fsp3) is 0.211. The SMILES string of the molecule is CC.O=C(Cc1ccccc1)CN1C(=O)c2ccccc2C1=O. The molecule has 0 spiro atoms. The zero-order valence-corrected chi connectivity index (χ0v) is 13.3. The number of amides is 2. The Bertz CT molecular complexity index is 687. The van der Waals surface area contributed by atoms with E-state index in [0.29, 0.717) is 11.1 Å². The molecule has 0 fully saturated rings. The summed E-state index contributed by atoms with van der Waals surface area (Å²) in [7, 11) is 0.